The minimum atomic E-state index is -0.552. The van der Waals surface area contributed by atoms with E-state index in [0.717, 1.165) is 4.52 Å². The first-order valence-corrected chi connectivity index (χ1v) is 6.62. The molecule has 2 aromatic heterocycles. The highest BCUT2D eigenvalue weighted by Gasteiger charge is 2.17. The Labute approximate surface area is 130 Å². The third kappa shape index (κ3) is 2.08. The number of nitrogen functional groups attached to an aromatic ring is 1. The first-order valence-electron chi connectivity index (χ1n) is 6.62. The van der Waals surface area contributed by atoms with Crippen molar-refractivity contribution in [3.8, 4) is 29.0 Å². The number of nitrogens with one attached hydrogen (secondary N) is 1. The van der Waals surface area contributed by atoms with Gasteiger partial charge in [-0.1, -0.05) is 12.1 Å². The zero-order valence-corrected chi connectivity index (χ0v) is 12.1. The molecule has 0 aliphatic rings. The Bertz CT molecular complexity index is 1050. The number of fused-ring (bicyclic) bond motifs is 1. The number of nitrogens with two attached hydrogens (primary N) is 1. The van der Waals surface area contributed by atoms with Crippen LogP contribution >= 0.6 is 0 Å². The van der Waals surface area contributed by atoms with E-state index >= 15 is 0 Å². The van der Waals surface area contributed by atoms with Crippen LogP contribution < -0.4 is 16.0 Å². The van der Waals surface area contributed by atoms with Crippen molar-refractivity contribution in [1.29, 1.82) is 10.5 Å². The van der Waals surface area contributed by atoms with E-state index < -0.39 is 5.56 Å². The molecule has 1 aromatic carbocycles. The molecule has 0 unspecified atom stereocenters. The van der Waals surface area contributed by atoms with E-state index in [1.807, 2.05) is 12.1 Å². The Morgan fingerprint density at radius 3 is 2.39 bits per heavy atom. The summed E-state index contributed by atoms with van der Waals surface area (Å²) in [5, 5.41) is 21.2. The summed E-state index contributed by atoms with van der Waals surface area (Å²) in [5.74, 6) is 0.744. The van der Waals surface area contributed by atoms with Crippen molar-refractivity contribution in [2.45, 2.75) is 0 Å². The minimum Gasteiger partial charge on any atom is -0.497 e. The summed E-state index contributed by atoms with van der Waals surface area (Å²) in [6, 6.07) is 12.4. The molecule has 0 saturated carbocycles. The van der Waals surface area contributed by atoms with Gasteiger partial charge in [0.25, 0.3) is 5.56 Å². The average molecular weight is 305 g/mol. The van der Waals surface area contributed by atoms with Crippen molar-refractivity contribution in [3.63, 3.8) is 0 Å². The van der Waals surface area contributed by atoms with E-state index in [2.05, 4.69) is 5.10 Å². The summed E-state index contributed by atoms with van der Waals surface area (Å²) in [6.45, 7) is 0. The third-order valence-corrected chi connectivity index (χ3v) is 3.59. The number of H-pyrrole nitrogens is 1. The Morgan fingerprint density at radius 1 is 1.17 bits per heavy atom. The molecule has 2 heterocycles. The lowest BCUT2D eigenvalue weighted by Gasteiger charge is -2.06. The number of pyridine rings is 1. The maximum atomic E-state index is 12.5. The fourth-order valence-electron chi connectivity index (χ4n) is 2.44. The molecule has 7 heteroatoms. The molecule has 0 fully saturated rings. The van der Waals surface area contributed by atoms with Crippen LogP contribution in [0.1, 0.15) is 11.1 Å². The van der Waals surface area contributed by atoms with Crippen molar-refractivity contribution >= 4 is 11.3 Å². The van der Waals surface area contributed by atoms with Crippen LogP contribution in [0, 0.1) is 22.7 Å². The second-order valence-electron chi connectivity index (χ2n) is 4.81. The second-order valence-corrected chi connectivity index (χ2v) is 4.81. The normalized spacial score (nSPS) is 10.2. The molecule has 0 radical (unpaired) electrons. The van der Waals surface area contributed by atoms with Crippen molar-refractivity contribution in [2.24, 2.45) is 0 Å². The van der Waals surface area contributed by atoms with Gasteiger partial charge in [0.15, 0.2) is 0 Å². The van der Waals surface area contributed by atoms with E-state index in [-0.39, 0.29) is 16.9 Å². The molecule has 0 aliphatic carbocycles. The number of nitrogens with zero attached hydrogens (tertiary/aromatic N) is 3. The van der Waals surface area contributed by atoms with Crippen LogP contribution in [-0.4, -0.2) is 16.7 Å². The Morgan fingerprint density at radius 2 is 1.83 bits per heavy atom. The first kappa shape index (κ1) is 14.2. The van der Waals surface area contributed by atoms with E-state index in [1.54, 1.807) is 37.4 Å². The monoisotopic (exact) mass is 305 g/mol. The van der Waals surface area contributed by atoms with Crippen LogP contribution in [0.15, 0.2) is 35.1 Å². The molecule has 0 aliphatic heterocycles. The molecule has 112 valence electrons. The van der Waals surface area contributed by atoms with Crippen molar-refractivity contribution in [2.75, 3.05) is 12.8 Å². The maximum Gasteiger partial charge on any atom is 0.288 e. The van der Waals surface area contributed by atoms with Gasteiger partial charge in [-0.25, -0.2) is 4.52 Å². The number of anilines is 1. The minimum absolute atomic E-state index is 0.0293. The molecule has 0 bridgehead atoms. The van der Waals surface area contributed by atoms with Gasteiger partial charge in [0, 0.05) is 5.56 Å². The van der Waals surface area contributed by atoms with E-state index in [4.69, 9.17) is 10.5 Å². The molecule has 0 saturated heterocycles. The summed E-state index contributed by atoms with van der Waals surface area (Å²) in [5.41, 5.74) is 6.75. The number of nitriles is 2. The zero-order chi connectivity index (χ0) is 16.6. The Balaban J connectivity index is 2.38. The van der Waals surface area contributed by atoms with Crippen molar-refractivity contribution in [1.82, 2.24) is 9.61 Å². The summed E-state index contributed by atoms with van der Waals surface area (Å²) in [4.78, 5) is 12.5. The molecule has 0 atom stereocenters. The summed E-state index contributed by atoms with van der Waals surface area (Å²) < 4.78 is 6.21. The van der Waals surface area contributed by atoms with Crippen LogP contribution in [0.4, 0.5) is 5.82 Å². The molecular formula is C16H11N5O2. The van der Waals surface area contributed by atoms with Crippen molar-refractivity contribution < 1.29 is 4.74 Å². The Hall–Kier alpha value is -3.71. The van der Waals surface area contributed by atoms with Crippen LogP contribution in [0.3, 0.4) is 0 Å². The number of rotatable bonds is 2. The zero-order valence-electron chi connectivity index (χ0n) is 12.1. The summed E-state index contributed by atoms with van der Waals surface area (Å²) >= 11 is 0. The number of aromatic nitrogens is 2. The molecule has 3 aromatic rings. The van der Waals surface area contributed by atoms with E-state index in [0.29, 0.717) is 22.4 Å². The quantitative estimate of drug-likeness (QED) is 0.745. The van der Waals surface area contributed by atoms with Gasteiger partial charge in [-0.15, -0.1) is 0 Å². The highest BCUT2D eigenvalue weighted by molar-refractivity contribution is 5.79. The van der Waals surface area contributed by atoms with Gasteiger partial charge in [0.1, 0.15) is 34.8 Å². The van der Waals surface area contributed by atoms with Gasteiger partial charge < -0.3 is 10.5 Å². The molecular weight excluding hydrogens is 294 g/mol. The third-order valence-electron chi connectivity index (χ3n) is 3.59. The van der Waals surface area contributed by atoms with Gasteiger partial charge in [-0.2, -0.15) is 10.5 Å². The van der Waals surface area contributed by atoms with Gasteiger partial charge in [0.05, 0.1) is 12.6 Å². The largest absolute Gasteiger partial charge is 0.497 e. The topological polar surface area (TPSA) is 120 Å². The van der Waals surface area contributed by atoms with Gasteiger partial charge in [0.2, 0.25) is 0 Å². The highest BCUT2D eigenvalue weighted by Crippen LogP contribution is 2.27. The predicted molar refractivity (Wildman–Crippen MR) is 83.8 cm³/mol. The highest BCUT2D eigenvalue weighted by atomic mass is 16.5. The number of hydrogen-bond acceptors (Lipinski definition) is 5. The number of methoxy groups -OCH3 is 1. The number of hydrogen-bond donors (Lipinski definition) is 2. The number of aromatic amines is 1. The molecule has 0 amide bonds. The van der Waals surface area contributed by atoms with E-state index in [1.165, 1.54) is 0 Å². The first-order chi connectivity index (χ1) is 11.1. The van der Waals surface area contributed by atoms with Crippen LogP contribution in [0.2, 0.25) is 0 Å². The molecule has 0 spiro atoms. The van der Waals surface area contributed by atoms with Gasteiger partial charge in [-0.05, 0) is 23.8 Å². The lowest BCUT2D eigenvalue weighted by atomic mass is 10.0. The summed E-state index contributed by atoms with van der Waals surface area (Å²) in [6.07, 6.45) is 0. The smallest absolute Gasteiger partial charge is 0.288 e. The average Bonchev–Trinajstić information content (AvgIpc) is 2.90. The second kappa shape index (κ2) is 5.24. The maximum absolute atomic E-state index is 12.5. The Kier molecular flexibility index (Phi) is 3.25. The number of benzene rings is 1. The van der Waals surface area contributed by atoms with Crippen LogP contribution in [-0.2, 0) is 0 Å². The van der Waals surface area contributed by atoms with Gasteiger partial charge >= 0.3 is 0 Å². The number of ether oxygens (including phenoxy) is 1. The van der Waals surface area contributed by atoms with E-state index in [9.17, 15) is 15.3 Å². The lowest BCUT2D eigenvalue weighted by Crippen LogP contribution is -2.18. The molecule has 7 nitrogen and oxygen atoms in total. The molecule has 23 heavy (non-hydrogen) atoms. The van der Waals surface area contributed by atoms with Crippen LogP contribution in [0.25, 0.3) is 16.6 Å². The summed E-state index contributed by atoms with van der Waals surface area (Å²) in [7, 11) is 1.55. The standard InChI is InChI=1S/C16H11N5O2/c1-23-10-4-2-9(3-5-10)11-6-14-13(8-18)15(19)20-21(14)16(22)12(11)7-17/h2-6,20H,19H2,1H3. The fourth-order valence-corrected chi connectivity index (χ4v) is 2.44. The lowest BCUT2D eigenvalue weighted by molar-refractivity contribution is 0.415. The molecule has 3 rings (SSSR count). The SMILES string of the molecule is COc1ccc(-c2cc3c(C#N)c(N)[nH]n3c(=O)c2C#N)cc1. The fraction of sp³-hybridized carbons (Fsp3) is 0.0625. The molecule has 3 N–H and O–H groups in total. The van der Waals surface area contributed by atoms with Gasteiger partial charge in [-0.3, -0.25) is 9.89 Å². The van der Waals surface area contributed by atoms with Crippen LogP contribution in [0.5, 0.6) is 5.75 Å². The van der Waals surface area contributed by atoms with Crippen molar-refractivity contribution in [3.05, 3.63) is 51.8 Å². The predicted octanol–water partition coefficient (Wildman–Crippen LogP) is 1.63.